The molecule has 0 unspecified atom stereocenters. The van der Waals surface area contributed by atoms with Gasteiger partial charge in [0.2, 0.25) is 5.91 Å². The molecule has 8 heteroatoms. The third-order valence-electron chi connectivity index (χ3n) is 6.40. The minimum absolute atomic E-state index is 0.0812. The van der Waals surface area contributed by atoms with E-state index < -0.39 is 6.04 Å². The van der Waals surface area contributed by atoms with Crippen LogP contribution in [0.25, 0.3) is 0 Å². The minimum atomic E-state index is -0.400. The summed E-state index contributed by atoms with van der Waals surface area (Å²) in [6.45, 7) is 2.10. The van der Waals surface area contributed by atoms with E-state index in [4.69, 9.17) is 11.6 Å². The Morgan fingerprint density at radius 1 is 1.21 bits per heavy atom. The van der Waals surface area contributed by atoms with Crippen LogP contribution in [0.15, 0.2) is 23.0 Å². The third kappa shape index (κ3) is 2.96. The molecule has 0 spiro atoms. The number of amides is 1. The topological polar surface area (TPSA) is 73.0 Å². The summed E-state index contributed by atoms with van der Waals surface area (Å²) in [6.07, 6.45) is 6.38. The van der Waals surface area contributed by atoms with Gasteiger partial charge in [-0.1, -0.05) is 17.7 Å². The molecule has 28 heavy (non-hydrogen) atoms. The lowest BCUT2D eigenvalue weighted by molar-refractivity contribution is -0.134. The summed E-state index contributed by atoms with van der Waals surface area (Å²) in [4.78, 5) is 32.5. The molecule has 3 aliphatic rings. The highest BCUT2D eigenvalue weighted by Gasteiger charge is 2.47. The van der Waals surface area contributed by atoms with Gasteiger partial charge in [-0.05, 0) is 50.7 Å². The van der Waals surface area contributed by atoms with Crippen molar-refractivity contribution in [3.05, 3.63) is 45.4 Å². The van der Waals surface area contributed by atoms with E-state index >= 15 is 0 Å². The van der Waals surface area contributed by atoms with E-state index in [1.165, 1.54) is 0 Å². The van der Waals surface area contributed by atoms with E-state index in [1.54, 1.807) is 15.3 Å². The predicted octanol–water partition coefficient (Wildman–Crippen LogP) is 2.32. The minimum Gasteiger partial charge on any atom is -0.341 e. The summed E-state index contributed by atoms with van der Waals surface area (Å²) in [5.74, 6) is 0.821. The number of carbonyl (C=O) groups is 1. The van der Waals surface area contributed by atoms with Crippen molar-refractivity contribution in [1.29, 1.82) is 0 Å². The number of rotatable bonds is 4. The molecular formula is C20H24ClN5O2. The maximum absolute atomic E-state index is 13.2. The number of aryl methyl sites for hydroxylation is 1. The summed E-state index contributed by atoms with van der Waals surface area (Å²) in [5, 5.41) is 5.09. The van der Waals surface area contributed by atoms with Gasteiger partial charge in [0, 0.05) is 24.9 Å². The molecule has 2 fully saturated rings. The van der Waals surface area contributed by atoms with Crippen LogP contribution in [-0.4, -0.2) is 43.2 Å². The number of halogens is 1. The van der Waals surface area contributed by atoms with E-state index in [0.717, 1.165) is 69.6 Å². The fourth-order valence-electron chi connectivity index (χ4n) is 4.65. The summed E-state index contributed by atoms with van der Waals surface area (Å²) < 4.78 is 3.21. The number of hydrogen-bond donors (Lipinski definition) is 0. The summed E-state index contributed by atoms with van der Waals surface area (Å²) in [6, 6.07) is 5.23. The van der Waals surface area contributed by atoms with Gasteiger partial charge in [-0.25, -0.2) is 14.5 Å². The Morgan fingerprint density at radius 3 is 2.71 bits per heavy atom. The standard InChI is InChI=1S/C20H24ClN5O2/c21-16-7-4-6-15(22-16)20(9-10-20)13-25-19(28)26-14(5-3-8-17(26)23-25)18(27)24-11-1-2-12-24/h4,6-7,14H,1-3,5,8-13H2/t14-/m0/s1. The first-order chi connectivity index (χ1) is 13.6. The average Bonchev–Trinajstić information content (AvgIpc) is 3.14. The molecule has 4 heterocycles. The Hall–Kier alpha value is -2.15. The molecule has 2 aromatic heterocycles. The predicted molar refractivity (Wildman–Crippen MR) is 104 cm³/mol. The Bertz CT molecular complexity index is 971. The first-order valence-electron chi connectivity index (χ1n) is 10.2. The van der Waals surface area contributed by atoms with Crippen molar-refractivity contribution in [2.24, 2.45) is 0 Å². The largest absolute Gasteiger partial charge is 0.346 e. The molecular weight excluding hydrogens is 378 g/mol. The van der Waals surface area contributed by atoms with Gasteiger partial charge in [0.15, 0.2) is 0 Å². The lowest BCUT2D eigenvalue weighted by Crippen LogP contribution is -2.41. The van der Waals surface area contributed by atoms with Crippen molar-refractivity contribution < 1.29 is 4.79 Å². The summed E-state index contributed by atoms with van der Waals surface area (Å²) in [7, 11) is 0. The van der Waals surface area contributed by atoms with Crippen LogP contribution < -0.4 is 5.69 Å². The zero-order chi connectivity index (χ0) is 19.3. The van der Waals surface area contributed by atoms with E-state index in [9.17, 15) is 9.59 Å². The van der Waals surface area contributed by atoms with Crippen molar-refractivity contribution >= 4 is 17.5 Å². The van der Waals surface area contributed by atoms with Gasteiger partial charge in [-0.2, -0.15) is 5.10 Å². The van der Waals surface area contributed by atoms with Gasteiger partial charge in [0.1, 0.15) is 17.0 Å². The lowest BCUT2D eigenvalue weighted by Gasteiger charge is -2.27. The van der Waals surface area contributed by atoms with Crippen LogP contribution >= 0.6 is 11.6 Å². The quantitative estimate of drug-likeness (QED) is 0.737. The molecule has 148 valence electrons. The van der Waals surface area contributed by atoms with Crippen LogP contribution in [0.3, 0.4) is 0 Å². The van der Waals surface area contributed by atoms with Gasteiger partial charge >= 0.3 is 5.69 Å². The van der Waals surface area contributed by atoms with Crippen LogP contribution in [0, 0.1) is 0 Å². The highest BCUT2D eigenvalue weighted by atomic mass is 35.5. The van der Waals surface area contributed by atoms with Gasteiger partial charge in [0.05, 0.1) is 12.2 Å². The van der Waals surface area contributed by atoms with Gasteiger partial charge < -0.3 is 4.90 Å². The van der Waals surface area contributed by atoms with Gasteiger partial charge in [-0.3, -0.25) is 9.36 Å². The number of carbonyl (C=O) groups excluding carboxylic acids is 1. The van der Waals surface area contributed by atoms with Crippen LogP contribution in [0.5, 0.6) is 0 Å². The zero-order valence-corrected chi connectivity index (χ0v) is 16.6. The molecule has 0 radical (unpaired) electrons. The fourth-order valence-corrected chi connectivity index (χ4v) is 4.82. The monoisotopic (exact) mass is 401 g/mol. The van der Waals surface area contributed by atoms with Crippen molar-refractivity contribution in [3.8, 4) is 0 Å². The normalized spacial score (nSPS) is 22.9. The number of hydrogen-bond acceptors (Lipinski definition) is 4. The molecule has 1 amide bonds. The molecule has 1 atom stereocenters. The van der Waals surface area contributed by atoms with Crippen molar-refractivity contribution in [2.45, 2.75) is 62.9 Å². The van der Waals surface area contributed by atoms with Crippen molar-refractivity contribution in [3.63, 3.8) is 0 Å². The summed E-state index contributed by atoms with van der Waals surface area (Å²) >= 11 is 6.07. The highest BCUT2D eigenvalue weighted by molar-refractivity contribution is 6.29. The lowest BCUT2D eigenvalue weighted by atomic mass is 10.0. The zero-order valence-electron chi connectivity index (χ0n) is 15.8. The van der Waals surface area contributed by atoms with Crippen molar-refractivity contribution in [1.82, 2.24) is 24.2 Å². The number of pyridine rings is 1. The van der Waals surface area contributed by atoms with E-state index in [0.29, 0.717) is 11.7 Å². The number of likely N-dealkylation sites (tertiary alicyclic amines) is 1. The molecule has 0 N–H and O–H groups in total. The first kappa shape index (κ1) is 17.9. The highest BCUT2D eigenvalue weighted by Crippen LogP contribution is 2.48. The Labute approximate surface area is 168 Å². The molecule has 7 nitrogen and oxygen atoms in total. The van der Waals surface area contributed by atoms with E-state index in [-0.39, 0.29) is 17.0 Å². The molecule has 1 aliphatic carbocycles. The molecule has 1 saturated heterocycles. The summed E-state index contributed by atoms with van der Waals surface area (Å²) in [5.41, 5.74) is 0.580. The Morgan fingerprint density at radius 2 is 2.00 bits per heavy atom. The van der Waals surface area contributed by atoms with E-state index in [1.807, 2.05) is 17.0 Å². The molecule has 1 saturated carbocycles. The van der Waals surface area contributed by atoms with Crippen LogP contribution in [0.1, 0.15) is 56.1 Å². The number of fused-ring (bicyclic) bond motifs is 1. The van der Waals surface area contributed by atoms with Gasteiger partial charge in [0.25, 0.3) is 0 Å². The van der Waals surface area contributed by atoms with Crippen LogP contribution in [0.4, 0.5) is 0 Å². The fraction of sp³-hybridized carbons (Fsp3) is 0.600. The third-order valence-corrected chi connectivity index (χ3v) is 6.61. The SMILES string of the molecule is O=C([C@@H]1CCCc2nn(CC3(c4cccc(Cl)n4)CC3)c(=O)n21)N1CCCC1. The molecule has 2 aromatic rings. The Kier molecular flexibility index (Phi) is 4.30. The number of aromatic nitrogens is 4. The molecule has 5 rings (SSSR count). The second kappa shape index (κ2) is 6.72. The second-order valence-corrected chi connectivity index (χ2v) is 8.68. The maximum atomic E-state index is 13.2. The number of nitrogens with zero attached hydrogens (tertiary/aromatic N) is 5. The van der Waals surface area contributed by atoms with Crippen molar-refractivity contribution in [2.75, 3.05) is 13.1 Å². The smallest absolute Gasteiger partial charge is 0.341 e. The Balaban J connectivity index is 1.45. The first-order valence-corrected chi connectivity index (χ1v) is 10.6. The van der Waals surface area contributed by atoms with Gasteiger partial charge in [-0.15, -0.1) is 0 Å². The second-order valence-electron chi connectivity index (χ2n) is 8.29. The van der Waals surface area contributed by atoms with Crippen LogP contribution in [-0.2, 0) is 23.2 Å². The average molecular weight is 402 g/mol. The van der Waals surface area contributed by atoms with Crippen LogP contribution in [0.2, 0.25) is 5.15 Å². The maximum Gasteiger partial charge on any atom is 0.346 e. The van der Waals surface area contributed by atoms with E-state index in [2.05, 4.69) is 10.1 Å². The molecule has 0 aromatic carbocycles. The molecule has 2 aliphatic heterocycles. The molecule has 0 bridgehead atoms.